The summed E-state index contributed by atoms with van der Waals surface area (Å²) >= 11 is 1.61. The Balaban J connectivity index is 2.13. The molecule has 0 N–H and O–H groups in total. The number of nitrogens with zero attached hydrogens (tertiary/aromatic N) is 4. The quantitative estimate of drug-likeness (QED) is 0.695. The fourth-order valence-corrected chi connectivity index (χ4v) is 3.19. The van der Waals surface area contributed by atoms with Gasteiger partial charge in [0.15, 0.2) is 5.16 Å². The maximum atomic E-state index is 12.7. The van der Waals surface area contributed by atoms with Crippen molar-refractivity contribution in [3.63, 3.8) is 0 Å². The van der Waals surface area contributed by atoms with E-state index in [0.29, 0.717) is 5.65 Å². The third kappa shape index (κ3) is 2.54. The molecule has 0 fully saturated rings. The van der Waals surface area contributed by atoms with Crippen LogP contribution in [0.5, 0.6) is 0 Å². The highest BCUT2D eigenvalue weighted by atomic mass is 32.2. The minimum Gasteiger partial charge on any atom is -0.279 e. The molecule has 6 heteroatoms. The molecule has 0 aliphatic rings. The smallest absolute Gasteiger partial charge is 0.279 e. The molecule has 2 heterocycles. The predicted molar refractivity (Wildman–Crippen MR) is 89.1 cm³/mol. The summed E-state index contributed by atoms with van der Waals surface area (Å²) in [4.78, 5) is 12.7. The number of fused-ring (bicyclic) bond motifs is 1. The molecule has 0 bridgehead atoms. The minimum atomic E-state index is -0.148. The summed E-state index contributed by atoms with van der Waals surface area (Å²) in [6.07, 6.45) is 4.69. The fraction of sp³-hybridized carbons (Fsp3) is 0.312. The standard InChI is InChI=1S/C16H18N4OS/c1-4-9-22-16-18-17-14-15(21)19(7-8-20(14)16)13-6-5-11(2)10-12(13)3/h5-8,10H,4,9H2,1-3H3. The highest BCUT2D eigenvalue weighted by Gasteiger charge is 2.12. The summed E-state index contributed by atoms with van der Waals surface area (Å²) in [5.74, 6) is 0.959. The van der Waals surface area contributed by atoms with Gasteiger partial charge < -0.3 is 0 Å². The molecule has 0 aliphatic carbocycles. The molecule has 0 unspecified atom stereocenters. The summed E-state index contributed by atoms with van der Waals surface area (Å²) in [5.41, 5.74) is 3.33. The average molecular weight is 314 g/mol. The van der Waals surface area contributed by atoms with Crippen LogP contribution in [0, 0.1) is 13.8 Å². The van der Waals surface area contributed by atoms with Crippen molar-refractivity contribution in [2.45, 2.75) is 32.3 Å². The van der Waals surface area contributed by atoms with Crippen molar-refractivity contribution in [2.24, 2.45) is 0 Å². The normalized spacial score (nSPS) is 11.2. The van der Waals surface area contributed by atoms with E-state index in [1.807, 2.05) is 32.2 Å². The van der Waals surface area contributed by atoms with Crippen LogP contribution in [0.4, 0.5) is 0 Å². The number of thioether (sulfide) groups is 1. The van der Waals surface area contributed by atoms with Gasteiger partial charge in [0.05, 0.1) is 5.69 Å². The van der Waals surface area contributed by atoms with E-state index in [0.717, 1.165) is 28.6 Å². The molecule has 3 rings (SSSR count). The Morgan fingerprint density at radius 3 is 2.73 bits per heavy atom. The molecule has 114 valence electrons. The predicted octanol–water partition coefficient (Wildman–Crippen LogP) is 3.00. The Kier molecular flexibility index (Phi) is 4.02. The van der Waals surface area contributed by atoms with Crippen molar-refractivity contribution in [1.82, 2.24) is 19.2 Å². The van der Waals surface area contributed by atoms with Crippen LogP contribution in [-0.4, -0.2) is 24.9 Å². The molecule has 1 aromatic carbocycles. The molecular weight excluding hydrogens is 296 g/mol. The van der Waals surface area contributed by atoms with Crippen LogP contribution < -0.4 is 5.56 Å². The first-order valence-corrected chi connectivity index (χ1v) is 8.27. The second-order valence-electron chi connectivity index (χ2n) is 5.29. The van der Waals surface area contributed by atoms with Crippen molar-refractivity contribution in [3.8, 4) is 5.69 Å². The van der Waals surface area contributed by atoms with E-state index in [-0.39, 0.29) is 5.56 Å². The number of rotatable bonds is 4. The molecule has 0 saturated carbocycles. The second-order valence-corrected chi connectivity index (χ2v) is 6.35. The number of benzene rings is 1. The topological polar surface area (TPSA) is 52.2 Å². The second kappa shape index (κ2) is 5.96. The Morgan fingerprint density at radius 1 is 1.18 bits per heavy atom. The first kappa shape index (κ1) is 14.8. The Hall–Kier alpha value is -2.08. The van der Waals surface area contributed by atoms with Gasteiger partial charge in [-0.05, 0) is 31.9 Å². The van der Waals surface area contributed by atoms with Gasteiger partial charge in [0, 0.05) is 18.1 Å². The zero-order chi connectivity index (χ0) is 15.7. The van der Waals surface area contributed by atoms with Gasteiger partial charge in [-0.3, -0.25) is 13.8 Å². The van der Waals surface area contributed by atoms with E-state index >= 15 is 0 Å². The van der Waals surface area contributed by atoms with Gasteiger partial charge in [-0.1, -0.05) is 36.4 Å². The van der Waals surface area contributed by atoms with Gasteiger partial charge in [-0.2, -0.15) is 0 Å². The fourth-order valence-electron chi connectivity index (χ4n) is 2.42. The highest BCUT2D eigenvalue weighted by molar-refractivity contribution is 7.99. The van der Waals surface area contributed by atoms with Crippen LogP contribution in [0.15, 0.2) is 40.5 Å². The molecular formula is C16H18N4OS. The Labute approximate surface area is 133 Å². The van der Waals surface area contributed by atoms with Gasteiger partial charge in [0.2, 0.25) is 5.65 Å². The van der Waals surface area contributed by atoms with Gasteiger partial charge >= 0.3 is 5.56 Å². The largest absolute Gasteiger partial charge is 0.300 e. The molecule has 0 atom stereocenters. The van der Waals surface area contributed by atoms with Gasteiger partial charge in [-0.15, -0.1) is 10.2 Å². The third-order valence-electron chi connectivity index (χ3n) is 3.49. The maximum absolute atomic E-state index is 12.7. The van der Waals surface area contributed by atoms with Gasteiger partial charge in [0.1, 0.15) is 0 Å². The van der Waals surface area contributed by atoms with Crippen LogP contribution in [0.2, 0.25) is 0 Å². The van der Waals surface area contributed by atoms with Crippen molar-refractivity contribution in [2.75, 3.05) is 5.75 Å². The van der Waals surface area contributed by atoms with E-state index in [9.17, 15) is 4.79 Å². The summed E-state index contributed by atoms with van der Waals surface area (Å²) < 4.78 is 3.40. The number of aromatic nitrogens is 4. The first-order chi connectivity index (χ1) is 10.6. The Bertz CT molecular complexity index is 881. The van der Waals surface area contributed by atoms with E-state index in [4.69, 9.17) is 0 Å². The molecule has 0 spiro atoms. The van der Waals surface area contributed by atoms with Gasteiger partial charge in [-0.25, -0.2) is 0 Å². The Morgan fingerprint density at radius 2 is 2.00 bits per heavy atom. The summed E-state index contributed by atoms with van der Waals surface area (Å²) in [6, 6.07) is 6.04. The highest BCUT2D eigenvalue weighted by Crippen LogP contribution is 2.18. The van der Waals surface area contributed by atoms with Gasteiger partial charge in [0.25, 0.3) is 0 Å². The molecule has 3 aromatic rings. The van der Waals surface area contributed by atoms with Crippen molar-refractivity contribution >= 4 is 17.4 Å². The van der Waals surface area contributed by atoms with Crippen LogP contribution in [0.3, 0.4) is 0 Å². The maximum Gasteiger partial charge on any atom is 0.300 e. The van der Waals surface area contributed by atoms with Crippen LogP contribution in [0.25, 0.3) is 11.3 Å². The van der Waals surface area contributed by atoms with E-state index in [2.05, 4.69) is 23.2 Å². The SMILES string of the molecule is CCCSc1nnc2c(=O)n(-c3ccc(C)cc3C)ccn12. The third-order valence-corrected chi connectivity index (χ3v) is 4.64. The van der Waals surface area contributed by atoms with Crippen molar-refractivity contribution in [1.29, 1.82) is 0 Å². The molecule has 0 aliphatic heterocycles. The lowest BCUT2D eigenvalue weighted by atomic mass is 10.1. The monoisotopic (exact) mass is 314 g/mol. The van der Waals surface area contributed by atoms with Crippen molar-refractivity contribution < 1.29 is 0 Å². The average Bonchev–Trinajstić information content (AvgIpc) is 2.90. The minimum absolute atomic E-state index is 0.148. The zero-order valence-corrected chi connectivity index (χ0v) is 13.7. The lowest BCUT2D eigenvalue weighted by molar-refractivity contribution is 0.888. The van der Waals surface area contributed by atoms with E-state index in [1.165, 1.54) is 5.56 Å². The molecule has 0 radical (unpaired) electrons. The van der Waals surface area contributed by atoms with E-state index in [1.54, 1.807) is 26.9 Å². The number of hydrogen-bond acceptors (Lipinski definition) is 4. The molecule has 5 nitrogen and oxygen atoms in total. The van der Waals surface area contributed by atoms with Crippen molar-refractivity contribution in [3.05, 3.63) is 52.1 Å². The number of hydrogen-bond donors (Lipinski definition) is 0. The molecule has 0 saturated heterocycles. The van der Waals surface area contributed by atoms with Crippen LogP contribution in [0.1, 0.15) is 24.5 Å². The molecule has 2 aromatic heterocycles. The zero-order valence-electron chi connectivity index (χ0n) is 12.9. The lowest BCUT2D eigenvalue weighted by Crippen LogP contribution is -2.21. The molecule has 0 amide bonds. The summed E-state index contributed by atoms with van der Waals surface area (Å²) in [6.45, 7) is 6.16. The summed E-state index contributed by atoms with van der Waals surface area (Å²) in [7, 11) is 0. The van der Waals surface area contributed by atoms with Crippen LogP contribution >= 0.6 is 11.8 Å². The van der Waals surface area contributed by atoms with E-state index < -0.39 is 0 Å². The lowest BCUT2D eigenvalue weighted by Gasteiger charge is -2.10. The molecule has 22 heavy (non-hydrogen) atoms. The first-order valence-electron chi connectivity index (χ1n) is 7.28. The summed E-state index contributed by atoms with van der Waals surface area (Å²) in [5, 5.41) is 8.96. The van der Waals surface area contributed by atoms with Crippen LogP contribution in [-0.2, 0) is 0 Å². The number of aryl methyl sites for hydroxylation is 2.